The van der Waals surface area contributed by atoms with Crippen LogP contribution in [0.15, 0.2) is 5.16 Å². The quantitative estimate of drug-likeness (QED) is 0.588. The number of H-pyrrole nitrogens is 1. The number of aryl methyl sites for hydroxylation is 1. The van der Waals surface area contributed by atoms with Gasteiger partial charge in [0.25, 0.3) is 0 Å². The molecule has 0 atom stereocenters. The van der Waals surface area contributed by atoms with Gasteiger partial charge < -0.3 is 14.5 Å². The highest BCUT2D eigenvalue weighted by molar-refractivity contribution is 7.98. The first kappa shape index (κ1) is 18.0. The summed E-state index contributed by atoms with van der Waals surface area (Å²) < 4.78 is 11.6. The zero-order chi connectivity index (χ0) is 17.7. The molecule has 10 heteroatoms. The van der Waals surface area contributed by atoms with Crippen molar-refractivity contribution in [3.8, 4) is 0 Å². The number of rotatable bonds is 7. The molecule has 0 saturated carbocycles. The van der Waals surface area contributed by atoms with Crippen molar-refractivity contribution in [2.24, 2.45) is 7.05 Å². The first-order chi connectivity index (χ1) is 11.5. The van der Waals surface area contributed by atoms with Crippen molar-refractivity contribution in [2.45, 2.75) is 31.7 Å². The second-order valence-corrected chi connectivity index (χ2v) is 5.74. The van der Waals surface area contributed by atoms with Crippen molar-refractivity contribution in [3.63, 3.8) is 0 Å². The van der Waals surface area contributed by atoms with Gasteiger partial charge in [-0.2, -0.15) is 0 Å². The summed E-state index contributed by atoms with van der Waals surface area (Å²) in [4.78, 5) is 27.3. The Bertz CT molecular complexity index is 740. The average Bonchev–Trinajstić information content (AvgIpc) is 3.09. The fourth-order valence-corrected chi connectivity index (χ4v) is 2.94. The monoisotopic (exact) mass is 353 g/mol. The van der Waals surface area contributed by atoms with E-state index in [-0.39, 0.29) is 18.9 Å². The van der Waals surface area contributed by atoms with Crippen molar-refractivity contribution in [1.29, 1.82) is 0 Å². The molecule has 2 aromatic heterocycles. The van der Waals surface area contributed by atoms with Crippen molar-refractivity contribution in [3.05, 3.63) is 22.5 Å². The van der Waals surface area contributed by atoms with Crippen LogP contribution < -0.4 is 0 Å². The molecule has 0 radical (unpaired) electrons. The van der Waals surface area contributed by atoms with Crippen molar-refractivity contribution >= 4 is 23.7 Å². The second-order valence-electron chi connectivity index (χ2n) is 4.79. The lowest BCUT2D eigenvalue weighted by Gasteiger charge is -2.04. The first-order valence-electron chi connectivity index (χ1n) is 7.40. The Hall–Kier alpha value is -2.36. The SMILES string of the molecule is CCOC(=O)c1[nH]c(CSc2nnnn2C)c(C(=O)OCC)c1C. The highest BCUT2D eigenvalue weighted by Gasteiger charge is 2.25. The van der Waals surface area contributed by atoms with E-state index >= 15 is 0 Å². The zero-order valence-corrected chi connectivity index (χ0v) is 14.8. The maximum Gasteiger partial charge on any atom is 0.355 e. The largest absolute Gasteiger partial charge is 0.462 e. The number of hydrogen-bond donors (Lipinski definition) is 1. The standard InChI is InChI=1S/C14H19N5O4S/c1-5-22-12(20)10-8(3)11(13(21)23-6-2)15-9(10)7-24-14-16-17-18-19(14)4/h15H,5-7H2,1-4H3. The lowest BCUT2D eigenvalue weighted by Crippen LogP contribution is -2.09. The number of carbonyl (C=O) groups excluding carboxylic acids is 2. The molecule has 130 valence electrons. The Morgan fingerprint density at radius 1 is 1.21 bits per heavy atom. The van der Waals surface area contributed by atoms with E-state index in [2.05, 4.69) is 20.5 Å². The lowest BCUT2D eigenvalue weighted by atomic mass is 10.1. The Morgan fingerprint density at radius 2 is 1.88 bits per heavy atom. The summed E-state index contributed by atoms with van der Waals surface area (Å²) in [5.41, 5.74) is 1.69. The van der Waals surface area contributed by atoms with Gasteiger partial charge in [-0.25, -0.2) is 14.3 Å². The molecule has 0 unspecified atom stereocenters. The molecule has 0 aliphatic rings. The van der Waals surface area contributed by atoms with E-state index in [9.17, 15) is 9.59 Å². The van der Waals surface area contributed by atoms with Gasteiger partial charge in [-0.1, -0.05) is 11.8 Å². The predicted molar refractivity (Wildman–Crippen MR) is 85.8 cm³/mol. The third kappa shape index (κ3) is 3.75. The van der Waals surface area contributed by atoms with Crippen LogP contribution in [0.1, 0.15) is 46.0 Å². The summed E-state index contributed by atoms with van der Waals surface area (Å²) in [6.45, 7) is 5.64. The number of nitrogens with one attached hydrogen (secondary N) is 1. The third-order valence-corrected chi connectivity index (χ3v) is 4.25. The van der Waals surface area contributed by atoms with E-state index in [0.717, 1.165) is 0 Å². The van der Waals surface area contributed by atoms with E-state index in [1.807, 2.05) is 0 Å². The lowest BCUT2D eigenvalue weighted by molar-refractivity contribution is 0.0518. The fraction of sp³-hybridized carbons (Fsp3) is 0.500. The molecule has 2 heterocycles. The van der Waals surface area contributed by atoms with Gasteiger partial charge in [-0.3, -0.25) is 0 Å². The number of tetrazole rings is 1. The van der Waals surface area contributed by atoms with E-state index in [1.54, 1.807) is 27.8 Å². The molecular weight excluding hydrogens is 334 g/mol. The van der Waals surface area contributed by atoms with Gasteiger partial charge in [0, 0.05) is 18.5 Å². The van der Waals surface area contributed by atoms with Crippen LogP contribution in [0.2, 0.25) is 0 Å². The number of carbonyl (C=O) groups is 2. The summed E-state index contributed by atoms with van der Waals surface area (Å²) in [5.74, 6) is -0.603. The molecular formula is C14H19N5O4S. The Labute approximate surface area is 143 Å². The highest BCUT2D eigenvalue weighted by Crippen LogP contribution is 2.26. The van der Waals surface area contributed by atoms with Crippen LogP contribution in [0.5, 0.6) is 0 Å². The first-order valence-corrected chi connectivity index (χ1v) is 8.38. The van der Waals surface area contributed by atoms with Crippen LogP contribution >= 0.6 is 11.8 Å². The van der Waals surface area contributed by atoms with Gasteiger partial charge >= 0.3 is 11.9 Å². The van der Waals surface area contributed by atoms with Gasteiger partial charge in [0.2, 0.25) is 5.16 Å². The van der Waals surface area contributed by atoms with Gasteiger partial charge in [-0.05, 0) is 36.8 Å². The number of aromatic amines is 1. The molecule has 24 heavy (non-hydrogen) atoms. The topological polar surface area (TPSA) is 112 Å². The molecule has 2 aromatic rings. The molecule has 0 amide bonds. The smallest absolute Gasteiger partial charge is 0.355 e. The normalized spacial score (nSPS) is 10.7. The van der Waals surface area contributed by atoms with E-state index in [0.29, 0.717) is 27.7 Å². The number of thioether (sulfide) groups is 1. The van der Waals surface area contributed by atoms with E-state index in [1.165, 1.54) is 16.4 Å². The van der Waals surface area contributed by atoms with Crippen molar-refractivity contribution in [1.82, 2.24) is 25.2 Å². The highest BCUT2D eigenvalue weighted by atomic mass is 32.2. The number of esters is 2. The number of aromatic nitrogens is 5. The zero-order valence-electron chi connectivity index (χ0n) is 14.0. The van der Waals surface area contributed by atoms with Crippen molar-refractivity contribution < 1.29 is 19.1 Å². The predicted octanol–water partition coefficient (Wildman–Crippen LogP) is 1.49. The van der Waals surface area contributed by atoms with Crippen LogP contribution in [0.3, 0.4) is 0 Å². The summed E-state index contributed by atoms with van der Waals surface area (Å²) in [7, 11) is 1.72. The number of hydrogen-bond acceptors (Lipinski definition) is 8. The third-order valence-electron chi connectivity index (χ3n) is 3.21. The fourth-order valence-electron chi connectivity index (χ4n) is 2.13. The molecule has 0 spiro atoms. The summed E-state index contributed by atoms with van der Waals surface area (Å²) in [5, 5.41) is 11.8. The maximum atomic E-state index is 12.3. The Morgan fingerprint density at radius 3 is 2.46 bits per heavy atom. The van der Waals surface area contributed by atoms with Crippen LogP contribution in [0, 0.1) is 6.92 Å². The van der Waals surface area contributed by atoms with Crippen LogP contribution in [-0.2, 0) is 22.3 Å². The molecule has 0 aliphatic heterocycles. The minimum Gasteiger partial charge on any atom is -0.462 e. The molecule has 9 nitrogen and oxygen atoms in total. The molecule has 0 bridgehead atoms. The summed E-state index contributed by atoms with van der Waals surface area (Å²) >= 11 is 1.34. The summed E-state index contributed by atoms with van der Waals surface area (Å²) in [6.07, 6.45) is 0. The molecule has 1 N–H and O–H groups in total. The number of ether oxygens (including phenoxy) is 2. The van der Waals surface area contributed by atoms with E-state index in [4.69, 9.17) is 9.47 Å². The van der Waals surface area contributed by atoms with Gasteiger partial charge in [0.05, 0.1) is 18.8 Å². The van der Waals surface area contributed by atoms with E-state index < -0.39 is 11.9 Å². The van der Waals surface area contributed by atoms with Crippen molar-refractivity contribution in [2.75, 3.05) is 13.2 Å². The Balaban J connectivity index is 2.33. The van der Waals surface area contributed by atoms with Gasteiger partial charge in [0.1, 0.15) is 5.69 Å². The molecule has 0 fully saturated rings. The minimum atomic E-state index is -0.503. The van der Waals surface area contributed by atoms with Crippen LogP contribution in [-0.4, -0.2) is 50.3 Å². The minimum absolute atomic E-state index is 0.248. The second kappa shape index (κ2) is 7.95. The van der Waals surface area contributed by atoms with Gasteiger partial charge in [0.15, 0.2) is 0 Å². The summed E-state index contributed by atoms with van der Waals surface area (Å²) in [6, 6.07) is 0. The van der Waals surface area contributed by atoms with Crippen LogP contribution in [0.4, 0.5) is 0 Å². The maximum absolute atomic E-state index is 12.3. The van der Waals surface area contributed by atoms with Crippen LogP contribution in [0.25, 0.3) is 0 Å². The molecule has 0 aliphatic carbocycles. The molecule has 2 rings (SSSR count). The van der Waals surface area contributed by atoms with Gasteiger partial charge in [-0.15, -0.1) is 5.10 Å². The number of nitrogens with zero attached hydrogens (tertiary/aromatic N) is 4. The average molecular weight is 353 g/mol. The Kier molecular flexibility index (Phi) is 5.96. The molecule has 0 aromatic carbocycles. The molecule has 0 saturated heterocycles.